The van der Waals surface area contributed by atoms with Crippen LogP contribution in [-0.4, -0.2) is 53.4 Å². The van der Waals surface area contributed by atoms with Crippen LogP contribution in [0, 0.1) is 13.8 Å². The van der Waals surface area contributed by atoms with Crippen molar-refractivity contribution in [2.75, 3.05) is 32.7 Å². The van der Waals surface area contributed by atoms with Crippen LogP contribution < -0.4 is 10.6 Å². The minimum Gasteiger partial charge on any atom is -0.357 e. The van der Waals surface area contributed by atoms with Crippen molar-refractivity contribution >= 4 is 5.96 Å². The van der Waals surface area contributed by atoms with Crippen molar-refractivity contribution in [1.29, 1.82) is 0 Å². The first kappa shape index (κ1) is 20.4. The van der Waals surface area contributed by atoms with Crippen molar-refractivity contribution in [2.45, 2.75) is 46.7 Å². The molecule has 1 aliphatic rings. The minimum atomic E-state index is 0.796. The Hall–Kier alpha value is -2.34. The molecule has 2 N–H and O–H groups in total. The average molecular weight is 383 g/mol. The van der Waals surface area contributed by atoms with E-state index in [1.165, 1.54) is 16.8 Å². The predicted molar refractivity (Wildman–Crippen MR) is 116 cm³/mol. The first-order chi connectivity index (χ1) is 13.7. The largest absolute Gasteiger partial charge is 0.357 e. The molecule has 0 aliphatic carbocycles. The highest BCUT2D eigenvalue weighted by atomic mass is 15.3. The van der Waals surface area contributed by atoms with Gasteiger partial charge in [0.1, 0.15) is 0 Å². The number of aromatic nitrogens is 2. The number of benzene rings is 1. The van der Waals surface area contributed by atoms with Crippen molar-refractivity contribution in [3.8, 4) is 0 Å². The highest BCUT2D eigenvalue weighted by Crippen LogP contribution is 2.17. The zero-order valence-corrected chi connectivity index (χ0v) is 17.5. The van der Waals surface area contributed by atoms with Crippen molar-refractivity contribution in [2.24, 2.45) is 4.99 Å². The Labute approximate surface area is 169 Å². The molecular formula is C22H34N6. The molecule has 28 heavy (non-hydrogen) atoms. The van der Waals surface area contributed by atoms with Crippen LogP contribution in [0.3, 0.4) is 0 Å². The molecular weight excluding hydrogens is 348 g/mol. The maximum Gasteiger partial charge on any atom is 0.191 e. The number of aliphatic imine (C=N–C) groups is 1. The maximum atomic E-state index is 4.72. The quantitative estimate of drug-likeness (QED) is 0.418. The van der Waals surface area contributed by atoms with Gasteiger partial charge in [-0.3, -0.25) is 14.6 Å². The lowest BCUT2D eigenvalue weighted by atomic mass is 10.00. The lowest BCUT2D eigenvalue weighted by molar-refractivity contribution is 0.258. The molecule has 1 aromatic carbocycles. The van der Waals surface area contributed by atoms with E-state index in [0.29, 0.717) is 0 Å². The van der Waals surface area contributed by atoms with E-state index in [9.17, 15) is 0 Å². The number of rotatable bonds is 8. The van der Waals surface area contributed by atoms with Gasteiger partial charge in [0.25, 0.3) is 0 Å². The molecule has 152 valence electrons. The molecule has 2 heterocycles. The highest BCUT2D eigenvalue weighted by molar-refractivity contribution is 5.79. The zero-order chi connectivity index (χ0) is 19.8. The van der Waals surface area contributed by atoms with Gasteiger partial charge in [0.05, 0.1) is 5.69 Å². The second kappa shape index (κ2) is 10.3. The lowest BCUT2D eigenvalue weighted by Crippen LogP contribution is -2.42. The third-order valence-electron chi connectivity index (χ3n) is 5.18. The lowest BCUT2D eigenvalue weighted by Gasteiger charge is -2.28. The molecule has 0 saturated carbocycles. The van der Waals surface area contributed by atoms with E-state index in [1.54, 1.807) is 0 Å². The molecule has 0 bridgehead atoms. The van der Waals surface area contributed by atoms with Crippen LogP contribution in [0.4, 0.5) is 0 Å². The number of guanidine groups is 1. The fraction of sp³-hybridized carbons (Fsp3) is 0.545. The molecule has 3 rings (SSSR count). The van der Waals surface area contributed by atoms with Gasteiger partial charge in [-0.2, -0.15) is 5.10 Å². The van der Waals surface area contributed by atoms with Crippen LogP contribution in [0.1, 0.15) is 35.9 Å². The van der Waals surface area contributed by atoms with Crippen LogP contribution in [0.2, 0.25) is 0 Å². The summed E-state index contributed by atoms with van der Waals surface area (Å²) in [4.78, 5) is 7.23. The summed E-state index contributed by atoms with van der Waals surface area (Å²) < 4.78 is 2.07. The van der Waals surface area contributed by atoms with Gasteiger partial charge in [-0.15, -0.1) is 0 Å². The summed E-state index contributed by atoms with van der Waals surface area (Å²) in [5.74, 6) is 0.910. The smallest absolute Gasteiger partial charge is 0.191 e. The molecule has 0 spiro atoms. The Morgan fingerprint density at radius 3 is 2.71 bits per heavy atom. The van der Waals surface area contributed by atoms with Gasteiger partial charge in [0, 0.05) is 51.5 Å². The fourth-order valence-corrected chi connectivity index (χ4v) is 3.73. The van der Waals surface area contributed by atoms with Crippen LogP contribution in [-0.2, 0) is 19.5 Å². The van der Waals surface area contributed by atoms with E-state index in [2.05, 4.69) is 69.5 Å². The van der Waals surface area contributed by atoms with Gasteiger partial charge in [-0.1, -0.05) is 24.3 Å². The second-order valence-corrected chi connectivity index (χ2v) is 7.49. The van der Waals surface area contributed by atoms with Gasteiger partial charge in [-0.05, 0) is 50.8 Å². The molecule has 6 heteroatoms. The number of hydrogen-bond acceptors (Lipinski definition) is 3. The van der Waals surface area contributed by atoms with Gasteiger partial charge in [0.15, 0.2) is 5.96 Å². The molecule has 1 aromatic heterocycles. The van der Waals surface area contributed by atoms with Crippen molar-refractivity contribution < 1.29 is 0 Å². The molecule has 1 aliphatic heterocycles. The van der Waals surface area contributed by atoms with Gasteiger partial charge in [-0.25, -0.2) is 0 Å². The van der Waals surface area contributed by atoms with Crippen molar-refractivity contribution in [3.05, 3.63) is 52.8 Å². The normalized spacial score (nSPS) is 14.8. The van der Waals surface area contributed by atoms with Crippen molar-refractivity contribution in [3.63, 3.8) is 0 Å². The summed E-state index contributed by atoms with van der Waals surface area (Å²) in [7, 11) is 0. The number of hydrogen-bond donors (Lipinski definition) is 2. The Balaban J connectivity index is 1.40. The first-order valence-electron chi connectivity index (χ1n) is 10.5. The van der Waals surface area contributed by atoms with E-state index < -0.39 is 0 Å². The second-order valence-electron chi connectivity index (χ2n) is 7.49. The third-order valence-corrected chi connectivity index (χ3v) is 5.18. The van der Waals surface area contributed by atoms with Crippen LogP contribution in [0.25, 0.3) is 0 Å². The molecule has 0 saturated heterocycles. The molecule has 2 aromatic rings. The first-order valence-corrected chi connectivity index (χ1v) is 10.5. The topological polar surface area (TPSA) is 57.5 Å². The van der Waals surface area contributed by atoms with Gasteiger partial charge in [0.2, 0.25) is 0 Å². The number of fused-ring (bicyclic) bond motifs is 1. The summed E-state index contributed by atoms with van der Waals surface area (Å²) >= 11 is 0. The molecule has 0 atom stereocenters. The number of nitrogens with zero attached hydrogens (tertiary/aromatic N) is 4. The highest BCUT2D eigenvalue weighted by Gasteiger charge is 2.15. The predicted octanol–water partition coefficient (Wildman–Crippen LogP) is 2.50. The fourth-order valence-electron chi connectivity index (χ4n) is 3.73. The summed E-state index contributed by atoms with van der Waals surface area (Å²) in [6.45, 7) is 13.0. The van der Waals surface area contributed by atoms with Gasteiger partial charge >= 0.3 is 0 Å². The number of nitrogens with one attached hydrogen (secondary N) is 2. The summed E-state index contributed by atoms with van der Waals surface area (Å²) in [6, 6.07) is 10.9. The standard InChI is InChI=1S/C22H34N6/c1-4-23-22(24-11-7-13-28-19(3)16-18(2)26-28)25-12-15-27-14-10-20-8-5-6-9-21(20)17-27/h5-6,8-9,16H,4,7,10-15,17H2,1-3H3,(H2,23,24,25). The molecule has 0 fully saturated rings. The average Bonchev–Trinajstić information content (AvgIpc) is 3.02. The van der Waals surface area contributed by atoms with Crippen LogP contribution in [0.5, 0.6) is 0 Å². The minimum absolute atomic E-state index is 0.796. The Morgan fingerprint density at radius 2 is 1.96 bits per heavy atom. The van der Waals surface area contributed by atoms with E-state index >= 15 is 0 Å². The van der Waals surface area contributed by atoms with E-state index in [0.717, 1.165) is 70.3 Å². The Morgan fingerprint density at radius 1 is 1.14 bits per heavy atom. The summed E-state index contributed by atoms with van der Waals surface area (Å²) in [5.41, 5.74) is 5.27. The van der Waals surface area contributed by atoms with Crippen LogP contribution in [0.15, 0.2) is 35.3 Å². The Bertz CT molecular complexity index is 779. The molecule has 0 radical (unpaired) electrons. The molecule has 0 unspecified atom stereocenters. The summed E-state index contributed by atoms with van der Waals surface area (Å²) in [5, 5.41) is 11.3. The van der Waals surface area contributed by atoms with E-state index in [-0.39, 0.29) is 0 Å². The van der Waals surface area contributed by atoms with Crippen molar-refractivity contribution in [1.82, 2.24) is 25.3 Å². The zero-order valence-electron chi connectivity index (χ0n) is 17.5. The SMILES string of the molecule is CCNC(=NCCCn1nc(C)cc1C)NCCN1CCc2ccccc2C1. The summed E-state index contributed by atoms with van der Waals surface area (Å²) in [6.07, 6.45) is 2.14. The Kier molecular flexibility index (Phi) is 7.48. The third kappa shape index (κ3) is 5.83. The molecule has 6 nitrogen and oxygen atoms in total. The number of aryl methyl sites for hydroxylation is 3. The van der Waals surface area contributed by atoms with E-state index in [4.69, 9.17) is 4.99 Å². The van der Waals surface area contributed by atoms with Gasteiger partial charge < -0.3 is 10.6 Å². The monoisotopic (exact) mass is 382 g/mol. The maximum absolute atomic E-state index is 4.72. The van der Waals surface area contributed by atoms with E-state index in [1.807, 2.05) is 6.92 Å². The van der Waals surface area contributed by atoms with Crippen LogP contribution >= 0.6 is 0 Å². The molecule has 0 amide bonds.